The fourth-order valence-electron chi connectivity index (χ4n) is 3.27. The number of hydrogen-bond acceptors (Lipinski definition) is 2. The van der Waals surface area contributed by atoms with Gasteiger partial charge in [0.25, 0.3) is 0 Å². The van der Waals surface area contributed by atoms with Gasteiger partial charge in [0.05, 0.1) is 10.5 Å². The van der Waals surface area contributed by atoms with Crippen molar-refractivity contribution in [3.8, 4) is 0 Å². The second-order valence-corrected chi connectivity index (χ2v) is 6.38. The van der Waals surface area contributed by atoms with E-state index in [1.54, 1.807) is 0 Å². The van der Waals surface area contributed by atoms with Crippen LogP contribution in [0.2, 0.25) is 0 Å². The van der Waals surface area contributed by atoms with Crippen molar-refractivity contribution in [2.24, 2.45) is 5.73 Å². The van der Waals surface area contributed by atoms with Crippen molar-refractivity contribution in [3.05, 3.63) is 0 Å². The van der Waals surface area contributed by atoms with Crippen LogP contribution < -0.4 is 16.4 Å². The summed E-state index contributed by atoms with van der Waals surface area (Å²) in [5, 5.41) is 6.14. The SMILES string of the molecule is NC(=S)C1(NC(=O)NC2CCCCC2)CCCCC1. The second-order valence-electron chi connectivity index (χ2n) is 5.94. The zero-order chi connectivity index (χ0) is 13.7. The van der Waals surface area contributed by atoms with Crippen molar-refractivity contribution in [2.75, 3.05) is 0 Å². The molecule has 0 aromatic rings. The minimum atomic E-state index is -0.452. The molecule has 0 unspecified atom stereocenters. The third kappa shape index (κ3) is 3.81. The van der Waals surface area contributed by atoms with E-state index in [0.717, 1.165) is 38.5 Å². The average molecular weight is 283 g/mol. The standard InChI is InChI=1S/C14H25N3OS/c15-12(19)14(9-5-2-6-10-14)17-13(18)16-11-7-3-1-4-8-11/h11H,1-10H2,(H2,15,19)(H2,16,17,18). The lowest BCUT2D eigenvalue weighted by Crippen LogP contribution is -2.60. The van der Waals surface area contributed by atoms with E-state index < -0.39 is 5.54 Å². The van der Waals surface area contributed by atoms with Gasteiger partial charge >= 0.3 is 6.03 Å². The van der Waals surface area contributed by atoms with Crippen LogP contribution in [0.1, 0.15) is 64.2 Å². The van der Waals surface area contributed by atoms with Gasteiger partial charge in [-0.25, -0.2) is 4.79 Å². The van der Waals surface area contributed by atoms with Gasteiger partial charge in [0.15, 0.2) is 0 Å². The van der Waals surface area contributed by atoms with Crippen molar-refractivity contribution in [2.45, 2.75) is 75.8 Å². The number of carbonyl (C=O) groups is 1. The highest BCUT2D eigenvalue weighted by Gasteiger charge is 2.36. The number of nitrogens with one attached hydrogen (secondary N) is 2. The van der Waals surface area contributed by atoms with E-state index in [-0.39, 0.29) is 6.03 Å². The molecule has 4 N–H and O–H groups in total. The fourth-order valence-corrected chi connectivity index (χ4v) is 3.53. The Morgan fingerprint density at radius 1 is 1.05 bits per heavy atom. The van der Waals surface area contributed by atoms with Gasteiger partial charge in [-0.2, -0.15) is 0 Å². The van der Waals surface area contributed by atoms with Crippen molar-refractivity contribution < 1.29 is 4.79 Å². The number of hydrogen-bond donors (Lipinski definition) is 3. The first-order chi connectivity index (χ1) is 9.12. The summed E-state index contributed by atoms with van der Waals surface area (Å²) >= 11 is 5.19. The molecule has 0 aromatic heterocycles. The molecular formula is C14H25N3OS. The molecule has 0 bridgehead atoms. The molecule has 0 heterocycles. The lowest BCUT2D eigenvalue weighted by Gasteiger charge is -2.37. The molecule has 0 aromatic carbocycles. The number of urea groups is 1. The fraction of sp³-hybridized carbons (Fsp3) is 0.857. The van der Waals surface area contributed by atoms with Crippen LogP contribution in [-0.4, -0.2) is 22.6 Å². The summed E-state index contributed by atoms with van der Waals surface area (Å²) in [7, 11) is 0. The third-order valence-corrected chi connectivity index (χ3v) is 4.86. The van der Waals surface area contributed by atoms with Crippen LogP contribution in [0.4, 0.5) is 4.79 Å². The summed E-state index contributed by atoms with van der Waals surface area (Å²) in [6.45, 7) is 0. The Labute approximate surface area is 120 Å². The molecule has 19 heavy (non-hydrogen) atoms. The van der Waals surface area contributed by atoms with E-state index >= 15 is 0 Å². The Kier molecular flexibility index (Phi) is 5.02. The number of amides is 2. The molecule has 0 radical (unpaired) electrons. The molecule has 2 amide bonds. The first-order valence-corrected chi connectivity index (χ1v) is 7.92. The van der Waals surface area contributed by atoms with Crippen molar-refractivity contribution in [3.63, 3.8) is 0 Å². The van der Waals surface area contributed by atoms with E-state index in [1.807, 2.05) is 0 Å². The van der Waals surface area contributed by atoms with Crippen LogP contribution >= 0.6 is 12.2 Å². The number of thiocarbonyl (C=S) groups is 1. The zero-order valence-electron chi connectivity index (χ0n) is 11.5. The first-order valence-electron chi connectivity index (χ1n) is 7.51. The van der Waals surface area contributed by atoms with Gasteiger partial charge < -0.3 is 16.4 Å². The van der Waals surface area contributed by atoms with Crippen molar-refractivity contribution >= 4 is 23.2 Å². The molecule has 2 aliphatic carbocycles. The molecule has 2 saturated carbocycles. The van der Waals surface area contributed by atoms with E-state index in [2.05, 4.69) is 10.6 Å². The molecule has 2 aliphatic rings. The zero-order valence-corrected chi connectivity index (χ0v) is 12.4. The van der Waals surface area contributed by atoms with E-state index in [9.17, 15) is 4.79 Å². The van der Waals surface area contributed by atoms with Gasteiger partial charge in [0.2, 0.25) is 0 Å². The van der Waals surface area contributed by atoms with Gasteiger partial charge in [-0.05, 0) is 25.7 Å². The molecular weight excluding hydrogens is 258 g/mol. The first kappa shape index (κ1) is 14.6. The molecule has 0 atom stereocenters. The van der Waals surface area contributed by atoms with Gasteiger partial charge in [0.1, 0.15) is 0 Å². The Hall–Kier alpha value is -0.840. The lowest BCUT2D eigenvalue weighted by atomic mass is 9.81. The highest BCUT2D eigenvalue weighted by atomic mass is 32.1. The topological polar surface area (TPSA) is 67.1 Å². The van der Waals surface area contributed by atoms with Crippen LogP contribution in [0.25, 0.3) is 0 Å². The van der Waals surface area contributed by atoms with Gasteiger partial charge in [-0.15, -0.1) is 0 Å². The smallest absolute Gasteiger partial charge is 0.315 e. The van der Waals surface area contributed by atoms with Gasteiger partial charge in [0, 0.05) is 6.04 Å². The minimum absolute atomic E-state index is 0.0957. The Morgan fingerprint density at radius 3 is 2.21 bits per heavy atom. The summed E-state index contributed by atoms with van der Waals surface area (Å²) in [6, 6.07) is 0.224. The maximum absolute atomic E-state index is 12.2. The summed E-state index contributed by atoms with van der Waals surface area (Å²) in [5.74, 6) is 0. The van der Waals surface area contributed by atoms with Crippen LogP contribution in [0, 0.1) is 0 Å². The number of nitrogens with two attached hydrogens (primary N) is 1. The van der Waals surface area contributed by atoms with E-state index in [1.165, 1.54) is 25.7 Å². The maximum atomic E-state index is 12.2. The van der Waals surface area contributed by atoms with Crippen LogP contribution in [-0.2, 0) is 0 Å². The normalized spacial score (nSPS) is 23.6. The molecule has 0 saturated heterocycles. The molecule has 2 fully saturated rings. The lowest BCUT2D eigenvalue weighted by molar-refractivity contribution is 0.217. The predicted octanol–water partition coefficient (Wildman–Crippen LogP) is 2.61. The minimum Gasteiger partial charge on any atom is -0.391 e. The number of rotatable bonds is 3. The van der Waals surface area contributed by atoms with Crippen LogP contribution in [0.3, 0.4) is 0 Å². The van der Waals surface area contributed by atoms with Gasteiger partial charge in [-0.1, -0.05) is 50.7 Å². The highest BCUT2D eigenvalue weighted by molar-refractivity contribution is 7.80. The highest BCUT2D eigenvalue weighted by Crippen LogP contribution is 2.28. The van der Waals surface area contributed by atoms with E-state index in [0.29, 0.717) is 11.0 Å². The molecule has 5 heteroatoms. The van der Waals surface area contributed by atoms with Crippen LogP contribution in [0.5, 0.6) is 0 Å². The van der Waals surface area contributed by atoms with Crippen LogP contribution in [0.15, 0.2) is 0 Å². The Morgan fingerprint density at radius 2 is 1.63 bits per heavy atom. The van der Waals surface area contributed by atoms with Crippen molar-refractivity contribution in [1.29, 1.82) is 0 Å². The summed E-state index contributed by atoms with van der Waals surface area (Å²) in [6.07, 6.45) is 11.0. The summed E-state index contributed by atoms with van der Waals surface area (Å²) in [5.41, 5.74) is 5.42. The third-order valence-electron chi connectivity index (χ3n) is 4.47. The quantitative estimate of drug-likeness (QED) is 0.697. The van der Waals surface area contributed by atoms with E-state index in [4.69, 9.17) is 18.0 Å². The average Bonchev–Trinajstić information content (AvgIpc) is 2.40. The molecule has 4 nitrogen and oxygen atoms in total. The second kappa shape index (κ2) is 6.55. The molecule has 0 aliphatic heterocycles. The molecule has 0 spiro atoms. The summed E-state index contributed by atoms with van der Waals surface area (Å²) in [4.78, 5) is 12.6. The monoisotopic (exact) mass is 283 g/mol. The summed E-state index contributed by atoms with van der Waals surface area (Å²) < 4.78 is 0. The predicted molar refractivity (Wildman–Crippen MR) is 81.1 cm³/mol. The van der Waals surface area contributed by atoms with Crippen molar-refractivity contribution in [1.82, 2.24) is 10.6 Å². The molecule has 2 rings (SSSR count). The molecule has 108 valence electrons. The Balaban J connectivity index is 1.89. The van der Waals surface area contributed by atoms with Gasteiger partial charge in [-0.3, -0.25) is 0 Å². The Bertz CT molecular complexity index is 334. The largest absolute Gasteiger partial charge is 0.391 e. The number of carbonyl (C=O) groups excluding carboxylic acids is 1. The maximum Gasteiger partial charge on any atom is 0.315 e.